The molecule has 1 saturated carbocycles. The summed E-state index contributed by atoms with van der Waals surface area (Å²) in [5, 5.41) is 0. The van der Waals surface area contributed by atoms with Crippen molar-refractivity contribution in [1.29, 1.82) is 0 Å². The molecule has 20 heavy (non-hydrogen) atoms. The largest absolute Gasteiger partial charge is 0.489 e. The molecule has 4 heteroatoms. The zero-order valence-corrected chi connectivity index (χ0v) is 12.4. The van der Waals surface area contributed by atoms with Gasteiger partial charge in [0.25, 0.3) is 0 Å². The predicted octanol–water partition coefficient (Wildman–Crippen LogP) is 3.26. The monoisotopic (exact) mass is 277 g/mol. The quantitative estimate of drug-likeness (QED) is 0.680. The standard InChI is InChI=1S/C16H23NO3/c1-10-7-8-12(9-11(10)2)20-14-6-4-5-13(17)15(14)16(18)19-3/h4-6,10-12H,7-9,17H2,1-3H3. The molecule has 1 aromatic carbocycles. The fourth-order valence-electron chi connectivity index (χ4n) is 2.75. The highest BCUT2D eigenvalue weighted by Crippen LogP contribution is 2.34. The minimum Gasteiger partial charge on any atom is -0.489 e. The number of anilines is 1. The van der Waals surface area contributed by atoms with E-state index < -0.39 is 5.97 Å². The first-order valence-electron chi connectivity index (χ1n) is 7.16. The lowest BCUT2D eigenvalue weighted by Crippen LogP contribution is -2.29. The zero-order valence-electron chi connectivity index (χ0n) is 12.4. The summed E-state index contributed by atoms with van der Waals surface area (Å²) in [4.78, 5) is 11.8. The molecule has 2 N–H and O–H groups in total. The van der Waals surface area contributed by atoms with E-state index in [9.17, 15) is 4.79 Å². The van der Waals surface area contributed by atoms with E-state index in [2.05, 4.69) is 13.8 Å². The van der Waals surface area contributed by atoms with E-state index in [1.54, 1.807) is 18.2 Å². The van der Waals surface area contributed by atoms with Gasteiger partial charge in [0.05, 0.1) is 13.2 Å². The number of nitrogen functional groups attached to an aromatic ring is 1. The minimum atomic E-state index is -0.449. The molecule has 2 rings (SSSR count). The predicted molar refractivity (Wildman–Crippen MR) is 78.8 cm³/mol. The summed E-state index contributed by atoms with van der Waals surface area (Å²) in [5.41, 5.74) is 6.60. The van der Waals surface area contributed by atoms with Crippen molar-refractivity contribution in [1.82, 2.24) is 0 Å². The molecule has 0 spiro atoms. The fourth-order valence-corrected chi connectivity index (χ4v) is 2.75. The number of nitrogens with two attached hydrogens (primary N) is 1. The lowest BCUT2D eigenvalue weighted by atomic mass is 9.80. The van der Waals surface area contributed by atoms with Crippen LogP contribution in [0.15, 0.2) is 18.2 Å². The summed E-state index contributed by atoms with van der Waals surface area (Å²) < 4.78 is 10.8. The van der Waals surface area contributed by atoms with Gasteiger partial charge in [0, 0.05) is 5.69 Å². The van der Waals surface area contributed by atoms with Gasteiger partial charge >= 0.3 is 5.97 Å². The van der Waals surface area contributed by atoms with Crippen molar-refractivity contribution in [2.45, 2.75) is 39.2 Å². The summed E-state index contributed by atoms with van der Waals surface area (Å²) >= 11 is 0. The Morgan fingerprint density at radius 2 is 2.00 bits per heavy atom. The molecule has 110 valence electrons. The van der Waals surface area contributed by atoms with E-state index in [1.807, 2.05) is 0 Å². The first-order valence-corrected chi connectivity index (χ1v) is 7.16. The maximum atomic E-state index is 11.8. The Labute approximate surface area is 120 Å². The Kier molecular flexibility index (Phi) is 4.53. The van der Waals surface area contributed by atoms with Crippen LogP contribution in [0.1, 0.15) is 43.5 Å². The van der Waals surface area contributed by atoms with Gasteiger partial charge in [-0.15, -0.1) is 0 Å². The number of hydrogen-bond donors (Lipinski definition) is 1. The SMILES string of the molecule is COC(=O)c1c(N)cccc1OC1CCC(C)C(C)C1. The van der Waals surface area contributed by atoms with Gasteiger partial charge < -0.3 is 15.2 Å². The molecule has 1 fully saturated rings. The molecule has 4 nitrogen and oxygen atoms in total. The van der Waals surface area contributed by atoms with E-state index in [4.69, 9.17) is 15.2 Å². The van der Waals surface area contributed by atoms with Crippen LogP contribution in [-0.2, 0) is 4.74 Å². The fraction of sp³-hybridized carbons (Fsp3) is 0.562. The highest BCUT2D eigenvalue weighted by Gasteiger charge is 2.27. The van der Waals surface area contributed by atoms with Crippen LogP contribution >= 0.6 is 0 Å². The van der Waals surface area contributed by atoms with E-state index in [0.717, 1.165) is 25.2 Å². The van der Waals surface area contributed by atoms with Crippen LogP contribution in [0.5, 0.6) is 5.75 Å². The second-order valence-electron chi connectivity index (χ2n) is 5.72. The number of carbonyl (C=O) groups excluding carboxylic acids is 1. The van der Waals surface area contributed by atoms with Gasteiger partial charge in [-0.1, -0.05) is 19.9 Å². The van der Waals surface area contributed by atoms with Crippen LogP contribution in [0.25, 0.3) is 0 Å². The van der Waals surface area contributed by atoms with Gasteiger partial charge in [-0.25, -0.2) is 4.79 Å². The maximum Gasteiger partial charge on any atom is 0.343 e. The highest BCUT2D eigenvalue weighted by atomic mass is 16.5. The van der Waals surface area contributed by atoms with Gasteiger partial charge in [0.1, 0.15) is 11.3 Å². The number of rotatable bonds is 3. The average Bonchev–Trinajstić information content (AvgIpc) is 2.42. The Morgan fingerprint density at radius 1 is 1.25 bits per heavy atom. The highest BCUT2D eigenvalue weighted by molar-refractivity contribution is 5.98. The third-order valence-electron chi connectivity index (χ3n) is 4.29. The second-order valence-corrected chi connectivity index (χ2v) is 5.72. The van der Waals surface area contributed by atoms with Crippen LogP contribution in [0.3, 0.4) is 0 Å². The number of methoxy groups -OCH3 is 1. The van der Waals surface area contributed by atoms with Gasteiger partial charge in [0.2, 0.25) is 0 Å². The number of ether oxygens (including phenoxy) is 2. The van der Waals surface area contributed by atoms with Crippen LogP contribution in [-0.4, -0.2) is 19.2 Å². The first kappa shape index (κ1) is 14.7. The first-order chi connectivity index (χ1) is 9.52. The van der Waals surface area contributed by atoms with Crippen molar-refractivity contribution in [3.8, 4) is 5.75 Å². The molecule has 0 bridgehead atoms. The summed E-state index contributed by atoms with van der Waals surface area (Å²) in [7, 11) is 1.35. The summed E-state index contributed by atoms with van der Waals surface area (Å²) in [6.07, 6.45) is 3.32. The Hall–Kier alpha value is -1.71. The van der Waals surface area contributed by atoms with E-state index >= 15 is 0 Å². The number of esters is 1. The number of carbonyl (C=O) groups is 1. The third-order valence-corrected chi connectivity index (χ3v) is 4.29. The molecular weight excluding hydrogens is 254 g/mol. The summed E-state index contributed by atoms with van der Waals surface area (Å²) in [5.74, 6) is 1.45. The Morgan fingerprint density at radius 3 is 2.65 bits per heavy atom. The molecule has 0 amide bonds. The van der Waals surface area contributed by atoms with E-state index in [1.165, 1.54) is 7.11 Å². The van der Waals surface area contributed by atoms with Gasteiger partial charge in [-0.05, 0) is 43.2 Å². The van der Waals surface area contributed by atoms with Crippen molar-refractivity contribution < 1.29 is 14.3 Å². The lowest BCUT2D eigenvalue weighted by Gasteiger charge is -2.32. The molecule has 0 heterocycles. The second kappa shape index (κ2) is 6.16. The van der Waals surface area contributed by atoms with Crippen molar-refractivity contribution in [2.24, 2.45) is 11.8 Å². The molecule has 0 radical (unpaired) electrons. The van der Waals surface area contributed by atoms with E-state index in [0.29, 0.717) is 22.9 Å². The van der Waals surface area contributed by atoms with Crippen LogP contribution < -0.4 is 10.5 Å². The van der Waals surface area contributed by atoms with E-state index in [-0.39, 0.29) is 6.10 Å². The van der Waals surface area contributed by atoms with Crippen molar-refractivity contribution >= 4 is 11.7 Å². The smallest absolute Gasteiger partial charge is 0.343 e. The van der Waals surface area contributed by atoms with Crippen molar-refractivity contribution in [2.75, 3.05) is 12.8 Å². The third kappa shape index (κ3) is 3.06. The van der Waals surface area contributed by atoms with Crippen molar-refractivity contribution in [3.63, 3.8) is 0 Å². The molecule has 0 aromatic heterocycles. The molecule has 0 saturated heterocycles. The molecule has 0 aliphatic heterocycles. The number of benzene rings is 1. The molecule has 3 atom stereocenters. The molecule has 1 aliphatic carbocycles. The van der Waals surface area contributed by atoms with Crippen LogP contribution in [0.4, 0.5) is 5.69 Å². The molecule has 3 unspecified atom stereocenters. The Balaban J connectivity index is 2.17. The van der Waals surface area contributed by atoms with Crippen LogP contribution in [0, 0.1) is 11.8 Å². The summed E-state index contributed by atoms with van der Waals surface area (Å²) in [6, 6.07) is 5.27. The maximum absolute atomic E-state index is 11.8. The average molecular weight is 277 g/mol. The normalized spacial score (nSPS) is 26.1. The van der Waals surface area contributed by atoms with Crippen molar-refractivity contribution in [3.05, 3.63) is 23.8 Å². The number of hydrogen-bond acceptors (Lipinski definition) is 4. The Bertz CT molecular complexity index is 487. The van der Waals surface area contributed by atoms with Gasteiger partial charge in [-0.2, -0.15) is 0 Å². The minimum absolute atomic E-state index is 0.145. The molecule has 1 aromatic rings. The lowest BCUT2D eigenvalue weighted by molar-refractivity contribution is 0.0584. The summed E-state index contributed by atoms with van der Waals surface area (Å²) in [6.45, 7) is 4.53. The molecule has 1 aliphatic rings. The van der Waals surface area contributed by atoms with Crippen LogP contribution in [0.2, 0.25) is 0 Å². The topological polar surface area (TPSA) is 61.5 Å². The zero-order chi connectivity index (χ0) is 14.7. The molecular formula is C16H23NO3. The van der Waals surface area contributed by atoms with Gasteiger partial charge in [-0.3, -0.25) is 0 Å². The van der Waals surface area contributed by atoms with Gasteiger partial charge in [0.15, 0.2) is 0 Å².